The first kappa shape index (κ1) is 22.9. The average Bonchev–Trinajstić information content (AvgIpc) is 3.34. The third kappa shape index (κ3) is 4.07. The van der Waals surface area contributed by atoms with Gasteiger partial charge in [0.25, 0.3) is 0 Å². The number of benzene rings is 1. The van der Waals surface area contributed by atoms with Gasteiger partial charge in [-0.2, -0.15) is 4.31 Å². The highest BCUT2D eigenvalue weighted by Crippen LogP contribution is 2.39. The summed E-state index contributed by atoms with van der Waals surface area (Å²) in [6, 6.07) is 11.1. The highest BCUT2D eigenvalue weighted by atomic mass is 32.2. The predicted octanol–water partition coefficient (Wildman–Crippen LogP) is 2.27. The summed E-state index contributed by atoms with van der Waals surface area (Å²) < 4.78 is 28.5. The SMILES string of the molecule is Cc1ccc(Nc2ccc(N3CCN(S(=O)(=O)c4cc5c6c(c4)CCN6C(=O)CC5)CC3)nn2)nc1. The Hall–Kier alpha value is -3.57. The van der Waals surface area contributed by atoms with Crippen LogP contribution in [0.4, 0.5) is 23.1 Å². The maximum absolute atomic E-state index is 13.5. The second-order valence-electron chi connectivity index (χ2n) is 9.40. The molecule has 36 heavy (non-hydrogen) atoms. The predicted molar refractivity (Wildman–Crippen MR) is 136 cm³/mol. The number of hydrogen-bond donors (Lipinski definition) is 1. The fourth-order valence-electron chi connectivity index (χ4n) is 5.11. The van der Waals surface area contributed by atoms with E-state index in [1.807, 2.05) is 41.0 Å². The van der Waals surface area contributed by atoms with Crippen LogP contribution in [-0.4, -0.2) is 66.5 Å². The zero-order valence-corrected chi connectivity index (χ0v) is 20.8. The molecular formula is C25H27N7O3S. The summed E-state index contributed by atoms with van der Waals surface area (Å²) in [5, 5.41) is 11.7. The van der Waals surface area contributed by atoms with Gasteiger partial charge in [-0.3, -0.25) is 4.79 Å². The van der Waals surface area contributed by atoms with Crippen LogP contribution in [0.2, 0.25) is 0 Å². The maximum Gasteiger partial charge on any atom is 0.243 e. The van der Waals surface area contributed by atoms with Crippen LogP contribution in [0, 0.1) is 6.92 Å². The number of nitrogens with one attached hydrogen (secondary N) is 1. The third-order valence-electron chi connectivity index (χ3n) is 7.04. The van der Waals surface area contributed by atoms with E-state index in [1.54, 1.807) is 22.6 Å². The molecule has 6 rings (SSSR count). The van der Waals surface area contributed by atoms with Crippen molar-refractivity contribution in [2.45, 2.75) is 31.1 Å². The van der Waals surface area contributed by atoms with Crippen molar-refractivity contribution in [3.8, 4) is 0 Å². The van der Waals surface area contributed by atoms with Gasteiger partial charge in [0, 0.05) is 45.3 Å². The lowest BCUT2D eigenvalue weighted by molar-refractivity contribution is -0.118. The highest BCUT2D eigenvalue weighted by Gasteiger charge is 2.35. The lowest BCUT2D eigenvalue weighted by atomic mass is 10.00. The van der Waals surface area contributed by atoms with E-state index in [1.165, 1.54) is 0 Å². The highest BCUT2D eigenvalue weighted by molar-refractivity contribution is 7.89. The fraction of sp³-hybridized carbons (Fsp3) is 0.360. The second-order valence-corrected chi connectivity index (χ2v) is 11.3. The summed E-state index contributed by atoms with van der Waals surface area (Å²) in [7, 11) is -3.62. The molecule has 1 aromatic carbocycles. The molecule has 11 heteroatoms. The van der Waals surface area contributed by atoms with Crippen LogP contribution in [0.3, 0.4) is 0 Å². The Balaban J connectivity index is 1.13. The summed E-state index contributed by atoms with van der Waals surface area (Å²) in [4.78, 5) is 20.7. The number of sulfonamides is 1. The lowest BCUT2D eigenvalue weighted by Crippen LogP contribution is -2.49. The Morgan fingerprint density at radius 1 is 0.861 bits per heavy atom. The molecule has 0 spiro atoms. The van der Waals surface area contributed by atoms with E-state index in [-0.39, 0.29) is 5.91 Å². The Bertz CT molecular complexity index is 1420. The van der Waals surface area contributed by atoms with Crippen LogP contribution in [0.5, 0.6) is 0 Å². The molecular weight excluding hydrogens is 478 g/mol. The van der Waals surface area contributed by atoms with E-state index < -0.39 is 10.0 Å². The molecule has 3 aliphatic heterocycles. The van der Waals surface area contributed by atoms with Gasteiger partial charge in [0.1, 0.15) is 5.82 Å². The number of anilines is 4. The zero-order valence-electron chi connectivity index (χ0n) is 20.0. The molecule has 5 heterocycles. The van der Waals surface area contributed by atoms with Crippen molar-refractivity contribution >= 4 is 39.1 Å². The number of aryl methyl sites for hydroxylation is 2. The van der Waals surface area contributed by atoms with Crippen molar-refractivity contribution in [3.05, 3.63) is 59.3 Å². The molecule has 1 amide bonds. The number of amides is 1. The number of carbonyl (C=O) groups excluding carboxylic acids is 1. The zero-order chi connectivity index (χ0) is 24.9. The molecule has 0 radical (unpaired) electrons. The van der Waals surface area contributed by atoms with Crippen molar-refractivity contribution < 1.29 is 13.2 Å². The molecule has 1 saturated heterocycles. The molecule has 0 bridgehead atoms. The van der Waals surface area contributed by atoms with Crippen molar-refractivity contribution in [2.24, 2.45) is 0 Å². The van der Waals surface area contributed by atoms with Gasteiger partial charge in [-0.1, -0.05) is 6.07 Å². The van der Waals surface area contributed by atoms with Crippen LogP contribution >= 0.6 is 0 Å². The number of hydrogen-bond acceptors (Lipinski definition) is 8. The van der Waals surface area contributed by atoms with Crippen LogP contribution in [0.25, 0.3) is 0 Å². The first-order chi connectivity index (χ1) is 17.4. The molecule has 3 aliphatic rings. The summed E-state index contributed by atoms with van der Waals surface area (Å²) in [5.41, 5.74) is 3.94. The Morgan fingerprint density at radius 3 is 2.31 bits per heavy atom. The molecule has 0 saturated carbocycles. The summed E-state index contributed by atoms with van der Waals surface area (Å²) in [6.07, 6.45) is 3.52. The Morgan fingerprint density at radius 2 is 1.61 bits per heavy atom. The van der Waals surface area contributed by atoms with Gasteiger partial charge < -0.3 is 15.1 Å². The van der Waals surface area contributed by atoms with Gasteiger partial charge in [0.05, 0.1) is 10.6 Å². The summed E-state index contributed by atoms with van der Waals surface area (Å²) in [6.45, 7) is 4.42. The monoisotopic (exact) mass is 505 g/mol. The van der Waals surface area contributed by atoms with Crippen molar-refractivity contribution in [1.29, 1.82) is 0 Å². The molecule has 2 aromatic heterocycles. The standard InChI is InChI=1S/C25H27N7O3S/c1-17-2-4-21(26-16-17)27-22-5-6-23(29-28-22)30-10-12-31(13-11-30)36(34,35)20-14-18-3-7-24(33)32-9-8-19(15-20)25(18)32/h2,4-6,14-16H,3,7-13H2,1H3,(H,26,27,28). The second kappa shape index (κ2) is 8.82. The molecule has 0 unspecified atom stereocenters. The van der Waals surface area contributed by atoms with Gasteiger partial charge in [-0.25, -0.2) is 13.4 Å². The average molecular weight is 506 g/mol. The molecule has 1 fully saturated rings. The topological polar surface area (TPSA) is 112 Å². The smallest absolute Gasteiger partial charge is 0.243 e. The van der Waals surface area contributed by atoms with E-state index in [0.29, 0.717) is 74.3 Å². The van der Waals surface area contributed by atoms with Crippen molar-refractivity contribution in [1.82, 2.24) is 19.5 Å². The quantitative estimate of drug-likeness (QED) is 0.562. The minimum Gasteiger partial charge on any atom is -0.352 e. The fourth-order valence-corrected chi connectivity index (χ4v) is 6.64. The molecule has 3 aromatic rings. The van der Waals surface area contributed by atoms with E-state index in [4.69, 9.17) is 0 Å². The maximum atomic E-state index is 13.5. The van der Waals surface area contributed by atoms with Gasteiger partial charge in [0.15, 0.2) is 11.6 Å². The normalized spacial score (nSPS) is 17.9. The number of carbonyl (C=O) groups is 1. The van der Waals surface area contributed by atoms with Gasteiger partial charge in [0.2, 0.25) is 15.9 Å². The van der Waals surface area contributed by atoms with E-state index in [0.717, 1.165) is 22.4 Å². The summed E-state index contributed by atoms with van der Waals surface area (Å²) >= 11 is 0. The molecule has 0 atom stereocenters. The largest absolute Gasteiger partial charge is 0.352 e. The number of piperazine rings is 1. The van der Waals surface area contributed by atoms with E-state index in [9.17, 15) is 13.2 Å². The van der Waals surface area contributed by atoms with Gasteiger partial charge >= 0.3 is 0 Å². The van der Waals surface area contributed by atoms with E-state index in [2.05, 4.69) is 20.5 Å². The first-order valence-corrected chi connectivity index (χ1v) is 13.6. The minimum absolute atomic E-state index is 0.131. The molecule has 10 nitrogen and oxygen atoms in total. The number of rotatable bonds is 5. The van der Waals surface area contributed by atoms with Crippen LogP contribution in [0.1, 0.15) is 23.1 Å². The van der Waals surface area contributed by atoms with Gasteiger partial charge in [-0.05, 0) is 66.8 Å². The van der Waals surface area contributed by atoms with E-state index >= 15 is 0 Å². The first-order valence-electron chi connectivity index (χ1n) is 12.1. The number of nitrogens with zero attached hydrogens (tertiary/aromatic N) is 6. The van der Waals surface area contributed by atoms with Crippen molar-refractivity contribution in [2.75, 3.05) is 47.8 Å². The third-order valence-corrected chi connectivity index (χ3v) is 8.92. The van der Waals surface area contributed by atoms with Crippen LogP contribution < -0.4 is 15.1 Å². The molecule has 1 N–H and O–H groups in total. The number of pyridine rings is 1. The summed E-state index contributed by atoms with van der Waals surface area (Å²) in [5.74, 6) is 2.13. The molecule has 0 aliphatic carbocycles. The molecule has 186 valence electrons. The van der Waals surface area contributed by atoms with Crippen LogP contribution in [0.15, 0.2) is 47.5 Å². The Kier molecular flexibility index (Phi) is 5.60. The lowest BCUT2D eigenvalue weighted by Gasteiger charge is -2.34. The van der Waals surface area contributed by atoms with Crippen LogP contribution in [-0.2, 0) is 27.7 Å². The number of aromatic nitrogens is 3. The van der Waals surface area contributed by atoms with Crippen molar-refractivity contribution in [3.63, 3.8) is 0 Å². The minimum atomic E-state index is -3.62. The Labute approximate surface area is 210 Å². The van der Waals surface area contributed by atoms with Gasteiger partial charge in [-0.15, -0.1) is 10.2 Å².